The van der Waals surface area contributed by atoms with Gasteiger partial charge in [-0.25, -0.2) is 0 Å². The molecule has 0 aliphatic carbocycles. The second-order valence-corrected chi connectivity index (χ2v) is 4.91. The van der Waals surface area contributed by atoms with Crippen molar-refractivity contribution in [2.24, 2.45) is 0 Å². The number of hydrogen-bond acceptors (Lipinski definition) is 4. The zero-order chi connectivity index (χ0) is 16.8. The molecule has 1 N–H and O–H groups in total. The fraction of sp³-hybridized carbons (Fsp3) is 0.294. The van der Waals surface area contributed by atoms with E-state index in [0.717, 1.165) is 0 Å². The number of nitrogens with zero attached hydrogens (tertiary/aromatic N) is 1. The average molecular weight is 316 g/mol. The predicted octanol–water partition coefficient (Wildman–Crippen LogP) is 2.46. The van der Waals surface area contributed by atoms with E-state index in [1.807, 2.05) is 0 Å². The minimum absolute atomic E-state index is 0.235. The van der Waals surface area contributed by atoms with Gasteiger partial charge in [-0.15, -0.1) is 0 Å². The molecule has 2 aromatic rings. The molecule has 0 bridgehead atoms. The molecule has 122 valence electrons. The van der Waals surface area contributed by atoms with Crippen LogP contribution in [0.4, 0.5) is 5.69 Å². The van der Waals surface area contributed by atoms with Gasteiger partial charge in [0.2, 0.25) is 5.91 Å². The van der Waals surface area contributed by atoms with Crippen LogP contribution in [0, 0.1) is 0 Å². The van der Waals surface area contributed by atoms with Gasteiger partial charge in [-0.2, -0.15) is 0 Å². The summed E-state index contributed by atoms with van der Waals surface area (Å²) in [6, 6.07) is 9.60. The summed E-state index contributed by atoms with van der Waals surface area (Å²) in [6.45, 7) is 3.86. The van der Waals surface area contributed by atoms with Crippen molar-refractivity contribution in [3.63, 3.8) is 0 Å². The van der Waals surface area contributed by atoms with Gasteiger partial charge in [-0.3, -0.25) is 9.59 Å². The smallest absolute Gasteiger partial charge is 0.293 e. The Morgan fingerprint density at radius 3 is 2.57 bits per heavy atom. The van der Waals surface area contributed by atoms with Crippen LogP contribution in [0.2, 0.25) is 0 Å². The molecular weight excluding hydrogens is 296 g/mol. The van der Waals surface area contributed by atoms with Gasteiger partial charge >= 0.3 is 0 Å². The molecule has 0 saturated carbocycles. The molecule has 1 atom stereocenters. The Morgan fingerprint density at radius 1 is 1.26 bits per heavy atom. The summed E-state index contributed by atoms with van der Waals surface area (Å²) in [6.07, 6.45) is 1.57. The number of aromatic nitrogens is 1. The van der Waals surface area contributed by atoms with Crippen LogP contribution in [0.1, 0.15) is 19.9 Å². The van der Waals surface area contributed by atoms with E-state index < -0.39 is 6.04 Å². The van der Waals surface area contributed by atoms with E-state index in [1.54, 1.807) is 63.6 Å². The molecule has 0 radical (unpaired) electrons. The van der Waals surface area contributed by atoms with Crippen molar-refractivity contribution in [2.45, 2.75) is 19.9 Å². The number of amides is 1. The number of methoxy groups -OCH3 is 1. The van der Waals surface area contributed by atoms with E-state index in [9.17, 15) is 9.59 Å². The summed E-state index contributed by atoms with van der Waals surface area (Å²) in [5, 5.41) is 2.78. The van der Waals surface area contributed by atoms with Gasteiger partial charge in [0.1, 0.15) is 11.8 Å². The number of rotatable bonds is 6. The summed E-state index contributed by atoms with van der Waals surface area (Å²) >= 11 is 0. The van der Waals surface area contributed by atoms with Crippen LogP contribution in [0.3, 0.4) is 0 Å². The summed E-state index contributed by atoms with van der Waals surface area (Å²) in [7, 11) is 1.58. The highest BCUT2D eigenvalue weighted by molar-refractivity contribution is 5.93. The van der Waals surface area contributed by atoms with Crippen molar-refractivity contribution in [2.75, 3.05) is 19.0 Å². The summed E-state index contributed by atoms with van der Waals surface area (Å²) < 4.78 is 11.7. The third-order valence-corrected chi connectivity index (χ3v) is 3.39. The first-order chi connectivity index (χ1) is 11.1. The van der Waals surface area contributed by atoms with Crippen LogP contribution in [0.25, 0.3) is 0 Å². The van der Waals surface area contributed by atoms with Crippen LogP contribution in [-0.2, 0) is 4.79 Å². The standard InChI is InChI=1S/C17H20N2O4/c1-4-23-15-6-5-11-19(17(15)21)12(2)16(20)18-13-7-9-14(22-3)10-8-13/h5-12H,4H2,1-3H3,(H,18,20). The number of nitrogens with one attached hydrogen (secondary N) is 1. The number of pyridine rings is 1. The predicted molar refractivity (Wildman–Crippen MR) is 88.2 cm³/mol. The highest BCUT2D eigenvalue weighted by Gasteiger charge is 2.17. The van der Waals surface area contributed by atoms with E-state index in [4.69, 9.17) is 9.47 Å². The molecule has 0 spiro atoms. The second kappa shape index (κ2) is 7.49. The summed E-state index contributed by atoms with van der Waals surface area (Å²) in [5.41, 5.74) is 0.309. The molecule has 1 unspecified atom stereocenters. The molecule has 6 heteroatoms. The van der Waals surface area contributed by atoms with E-state index >= 15 is 0 Å². The van der Waals surface area contributed by atoms with E-state index in [0.29, 0.717) is 18.0 Å². The lowest BCUT2D eigenvalue weighted by atomic mass is 10.2. The molecular formula is C17H20N2O4. The molecule has 1 aromatic heterocycles. The lowest BCUT2D eigenvalue weighted by Crippen LogP contribution is -2.31. The van der Waals surface area contributed by atoms with Crippen molar-refractivity contribution in [3.05, 3.63) is 52.9 Å². The summed E-state index contributed by atoms with van der Waals surface area (Å²) in [4.78, 5) is 24.6. The van der Waals surface area contributed by atoms with Gasteiger partial charge < -0.3 is 19.4 Å². The number of benzene rings is 1. The fourth-order valence-corrected chi connectivity index (χ4v) is 2.11. The maximum atomic E-state index is 12.3. The van der Waals surface area contributed by atoms with Crippen molar-refractivity contribution in [1.29, 1.82) is 0 Å². The minimum Gasteiger partial charge on any atom is -0.497 e. The Labute approximate surface area is 134 Å². The third-order valence-electron chi connectivity index (χ3n) is 3.39. The number of carbonyl (C=O) groups excluding carboxylic acids is 1. The lowest BCUT2D eigenvalue weighted by molar-refractivity contribution is -0.118. The molecule has 1 heterocycles. The van der Waals surface area contributed by atoms with Crippen LogP contribution in [0.5, 0.6) is 11.5 Å². The molecule has 1 aromatic carbocycles. The molecule has 0 saturated heterocycles. The highest BCUT2D eigenvalue weighted by Crippen LogP contribution is 2.16. The van der Waals surface area contributed by atoms with Gasteiger partial charge in [0, 0.05) is 11.9 Å². The molecule has 1 amide bonds. The van der Waals surface area contributed by atoms with E-state index in [1.165, 1.54) is 4.57 Å². The van der Waals surface area contributed by atoms with Gasteiger partial charge in [0.15, 0.2) is 5.75 Å². The Kier molecular flexibility index (Phi) is 5.41. The summed E-state index contributed by atoms with van der Waals surface area (Å²) in [5.74, 6) is 0.654. The SMILES string of the molecule is CCOc1cccn(C(C)C(=O)Nc2ccc(OC)cc2)c1=O. The Hall–Kier alpha value is -2.76. The quantitative estimate of drug-likeness (QED) is 0.889. The van der Waals surface area contributed by atoms with Crippen LogP contribution in [0.15, 0.2) is 47.4 Å². The largest absolute Gasteiger partial charge is 0.497 e. The second-order valence-electron chi connectivity index (χ2n) is 4.91. The van der Waals surface area contributed by atoms with Gasteiger partial charge in [-0.05, 0) is 50.2 Å². The molecule has 0 fully saturated rings. The molecule has 0 aliphatic rings. The Balaban J connectivity index is 2.16. The maximum Gasteiger partial charge on any atom is 0.293 e. The van der Waals surface area contributed by atoms with E-state index in [-0.39, 0.29) is 17.2 Å². The highest BCUT2D eigenvalue weighted by atomic mass is 16.5. The Bertz CT molecular complexity index is 722. The van der Waals surface area contributed by atoms with Crippen LogP contribution >= 0.6 is 0 Å². The van der Waals surface area contributed by atoms with Crippen molar-refractivity contribution in [1.82, 2.24) is 4.57 Å². The molecule has 2 rings (SSSR count). The number of carbonyl (C=O) groups is 1. The zero-order valence-electron chi connectivity index (χ0n) is 13.4. The number of ether oxygens (including phenoxy) is 2. The van der Waals surface area contributed by atoms with Gasteiger partial charge in [0.25, 0.3) is 5.56 Å². The third kappa shape index (κ3) is 3.91. The maximum absolute atomic E-state index is 12.3. The number of hydrogen-bond donors (Lipinski definition) is 1. The topological polar surface area (TPSA) is 69.6 Å². The number of anilines is 1. The molecule has 23 heavy (non-hydrogen) atoms. The molecule has 6 nitrogen and oxygen atoms in total. The van der Waals surface area contributed by atoms with Crippen LogP contribution in [-0.4, -0.2) is 24.2 Å². The fourth-order valence-electron chi connectivity index (χ4n) is 2.11. The Morgan fingerprint density at radius 2 is 1.96 bits per heavy atom. The van der Waals surface area contributed by atoms with E-state index in [2.05, 4.69) is 5.32 Å². The lowest BCUT2D eigenvalue weighted by Gasteiger charge is -2.16. The zero-order valence-corrected chi connectivity index (χ0v) is 13.4. The first kappa shape index (κ1) is 16.6. The first-order valence-corrected chi connectivity index (χ1v) is 7.35. The first-order valence-electron chi connectivity index (χ1n) is 7.35. The van der Waals surface area contributed by atoms with Gasteiger partial charge in [0.05, 0.1) is 13.7 Å². The van der Waals surface area contributed by atoms with Crippen LogP contribution < -0.4 is 20.3 Å². The monoisotopic (exact) mass is 316 g/mol. The molecule has 0 aliphatic heterocycles. The van der Waals surface area contributed by atoms with Crippen molar-refractivity contribution < 1.29 is 14.3 Å². The normalized spacial score (nSPS) is 11.6. The van der Waals surface area contributed by atoms with Crippen molar-refractivity contribution in [3.8, 4) is 11.5 Å². The average Bonchev–Trinajstić information content (AvgIpc) is 2.57. The van der Waals surface area contributed by atoms with Crippen molar-refractivity contribution >= 4 is 11.6 Å². The minimum atomic E-state index is -0.662. The van der Waals surface area contributed by atoms with Gasteiger partial charge in [-0.1, -0.05) is 0 Å².